The van der Waals surface area contributed by atoms with Gasteiger partial charge < -0.3 is 14.8 Å². The fourth-order valence-corrected chi connectivity index (χ4v) is 3.47. The maximum atomic E-state index is 12.4. The minimum atomic E-state index is -0.209. The van der Waals surface area contributed by atoms with Gasteiger partial charge in [-0.25, -0.2) is 4.99 Å². The Kier molecular flexibility index (Phi) is 6.08. The van der Waals surface area contributed by atoms with Gasteiger partial charge in [0.1, 0.15) is 0 Å². The highest BCUT2D eigenvalue weighted by atomic mass is 35.5. The molecule has 0 aromatic heterocycles. The van der Waals surface area contributed by atoms with Gasteiger partial charge in [0.2, 0.25) is 0 Å². The van der Waals surface area contributed by atoms with Crippen LogP contribution in [0.15, 0.2) is 52.4 Å². The Morgan fingerprint density at radius 3 is 2.70 bits per heavy atom. The van der Waals surface area contributed by atoms with E-state index in [1.165, 1.54) is 11.8 Å². The number of hydrogen-bond acceptors (Lipinski definition) is 5. The molecule has 0 saturated carbocycles. The van der Waals surface area contributed by atoms with E-state index in [1.54, 1.807) is 25.3 Å². The van der Waals surface area contributed by atoms with E-state index in [0.29, 0.717) is 32.3 Å². The fraction of sp³-hybridized carbons (Fsp3) is 0.200. The number of ether oxygens (including phenoxy) is 2. The van der Waals surface area contributed by atoms with Gasteiger partial charge in [-0.1, -0.05) is 29.8 Å². The molecular weight excluding hydrogens is 384 g/mol. The van der Waals surface area contributed by atoms with Crippen LogP contribution < -0.4 is 14.8 Å². The van der Waals surface area contributed by atoms with Crippen molar-refractivity contribution in [3.05, 3.63) is 58.0 Å². The number of halogens is 1. The largest absolute Gasteiger partial charge is 0.493 e. The summed E-state index contributed by atoms with van der Waals surface area (Å²) in [5.74, 6) is 1.02. The zero-order valence-corrected chi connectivity index (χ0v) is 16.7. The molecule has 1 aliphatic heterocycles. The molecule has 3 rings (SSSR count). The number of amides is 1. The Labute approximate surface area is 167 Å². The van der Waals surface area contributed by atoms with Crippen LogP contribution in [0.3, 0.4) is 0 Å². The van der Waals surface area contributed by atoms with Crippen LogP contribution in [0.2, 0.25) is 5.02 Å². The summed E-state index contributed by atoms with van der Waals surface area (Å²) >= 11 is 7.25. The quantitative estimate of drug-likeness (QED) is 0.713. The minimum absolute atomic E-state index is 0.0246. The van der Waals surface area contributed by atoms with E-state index >= 15 is 0 Å². The Bertz CT molecular complexity index is 925. The van der Waals surface area contributed by atoms with E-state index in [0.717, 1.165) is 5.56 Å². The van der Waals surface area contributed by atoms with Gasteiger partial charge in [-0.05, 0) is 56.0 Å². The van der Waals surface area contributed by atoms with Gasteiger partial charge >= 0.3 is 0 Å². The second-order valence-electron chi connectivity index (χ2n) is 6.01. The van der Waals surface area contributed by atoms with Crippen molar-refractivity contribution in [2.24, 2.45) is 4.99 Å². The predicted molar refractivity (Wildman–Crippen MR) is 111 cm³/mol. The van der Waals surface area contributed by atoms with Crippen LogP contribution in [0.4, 0.5) is 5.69 Å². The molecule has 1 amide bonds. The molecule has 2 aromatic carbocycles. The van der Waals surface area contributed by atoms with Crippen LogP contribution in [-0.4, -0.2) is 24.3 Å². The molecule has 0 aliphatic carbocycles. The zero-order chi connectivity index (χ0) is 19.4. The molecule has 1 saturated heterocycles. The Morgan fingerprint density at radius 1 is 1.22 bits per heavy atom. The van der Waals surface area contributed by atoms with Crippen molar-refractivity contribution in [3.63, 3.8) is 0 Å². The highest BCUT2D eigenvalue weighted by molar-refractivity contribution is 8.18. The third-order valence-corrected chi connectivity index (χ3v) is 4.70. The van der Waals surface area contributed by atoms with Crippen molar-refractivity contribution >= 4 is 46.2 Å². The second-order valence-corrected chi connectivity index (χ2v) is 7.47. The molecule has 140 valence electrons. The summed E-state index contributed by atoms with van der Waals surface area (Å²) in [5, 5.41) is 3.87. The number of carbonyl (C=O) groups excluding carboxylic acids is 1. The lowest BCUT2D eigenvalue weighted by Gasteiger charge is -2.16. The molecule has 0 bridgehead atoms. The number of benzene rings is 2. The number of rotatable bonds is 5. The highest BCUT2D eigenvalue weighted by Crippen LogP contribution is 2.36. The first-order valence-electron chi connectivity index (χ1n) is 8.35. The van der Waals surface area contributed by atoms with Crippen LogP contribution >= 0.6 is 23.4 Å². The van der Waals surface area contributed by atoms with E-state index < -0.39 is 0 Å². The van der Waals surface area contributed by atoms with E-state index in [1.807, 2.05) is 44.2 Å². The zero-order valence-electron chi connectivity index (χ0n) is 15.2. The lowest BCUT2D eigenvalue weighted by atomic mass is 10.1. The third kappa shape index (κ3) is 4.84. The standard InChI is InChI=1S/C20H19ClN2O3S/c1-12(2)26-18-13(6-4-9-16(18)25-3)10-17-19(24)23-20(27-17)22-15-8-5-7-14(21)11-15/h4-12H,1-3H3,(H,22,23,24)/b17-10-. The summed E-state index contributed by atoms with van der Waals surface area (Å²) in [5.41, 5.74) is 1.45. The molecule has 0 spiro atoms. The number of carbonyl (C=O) groups is 1. The number of nitrogens with zero attached hydrogens (tertiary/aromatic N) is 1. The van der Waals surface area contributed by atoms with Gasteiger partial charge in [0, 0.05) is 10.6 Å². The van der Waals surface area contributed by atoms with Crippen LogP contribution in [0.1, 0.15) is 19.4 Å². The molecule has 1 fully saturated rings. The molecule has 0 unspecified atom stereocenters. The number of amidine groups is 1. The van der Waals surface area contributed by atoms with Crippen LogP contribution in [-0.2, 0) is 4.79 Å². The molecule has 27 heavy (non-hydrogen) atoms. The average molecular weight is 403 g/mol. The van der Waals surface area contributed by atoms with Crippen molar-refractivity contribution in [3.8, 4) is 11.5 Å². The maximum absolute atomic E-state index is 12.4. The van der Waals surface area contributed by atoms with E-state index in [-0.39, 0.29) is 12.0 Å². The van der Waals surface area contributed by atoms with Gasteiger partial charge in [-0.15, -0.1) is 0 Å². The molecular formula is C20H19ClN2O3S. The van der Waals surface area contributed by atoms with Crippen molar-refractivity contribution in [2.75, 3.05) is 7.11 Å². The first-order chi connectivity index (χ1) is 13.0. The van der Waals surface area contributed by atoms with Crippen LogP contribution in [0.5, 0.6) is 11.5 Å². The molecule has 1 N–H and O–H groups in total. The summed E-state index contributed by atoms with van der Waals surface area (Å²) in [6.45, 7) is 3.88. The normalized spacial score (nSPS) is 16.9. The van der Waals surface area contributed by atoms with Gasteiger partial charge in [0.05, 0.1) is 23.8 Å². The lowest BCUT2D eigenvalue weighted by molar-refractivity contribution is -0.115. The molecule has 7 heteroatoms. The number of thioether (sulfide) groups is 1. The number of methoxy groups -OCH3 is 1. The van der Waals surface area contributed by atoms with E-state index in [9.17, 15) is 4.79 Å². The van der Waals surface area contributed by atoms with Gasteiger partial charge in [0.15, 0.2) is 16.7 Å². The summed E-state index contributed by atoms with van der Waals surface area (Å²) in [6, 6.07) is 12.7. The van der Waals surface area contributed by atoms with Gasteiger partial charge in [0.25, 0.3) is 5.91 Å². The summed E-state index contributed by atoms with van der Waals surface area (Å²) < 4.78 is 11.3. The Balaban J connectivity index is 1.91. The van der Waals surface area contributed by atoms with Crippen molar-refractivity contribution in [2.45, 2.75) is 20.0 Å². The van der Waals surface area contributed by atoms with E-state index in [4.69, 9.17) is 21.1 Å². The lowest BCUT2D eigenvalue weighted by Crippen LogP contribution is -2.19. The first kappa shape index (κ1) is 19.3. The first-order valence-corrected chi connectivity index (χ1v) is 9.54. The average Bonchev–Trinajstić information content (AvgIpc) is 2.95. The number of aliphatic imine (C=N–C) groups is 1. The van der Waals surface area contributed by atoms with Gasteiger partial charge in [-0.2, -0.15) is 0 Å². The minimum Gasteiger partial charge on any atom is -0.493 e. The Hall–Kier alpha value is -2.44. The second kappa shape index (κ2) is 8.50. The van der Waals surface area contributed by atoms with Crippen molar-refractivity contribution in [1.82, 2.24) is 5.32 Å². The molecule has 0 radical (unpaired) electrons. The van der Waals surface area contributed by atoms with Crippen molar-refractivity contribution < 1.29 is 14.3 Å². The predicted octanol–water partition coefficient (Wildman–Crippen LogP) is 5.03. The number of hydrogen-bond donors (Lipinski definition) is 1. The SMILES string of the molecule is COc1cccc(/C=C2\SC(=Nc3cccc(Cl)c3)NC2=O)c1OC(C)C. The van der Waals surface area contributed by atoms with Crippen LogP contribution in [0.25, 0.3) is 6.08 Å². The van der Waals surface area contributed by atoms with Crippen molar-refractivity contribution in [1.29, 1.82) is 0 Å². The van der Waals surface area contributed by atoms with E-state index in [2.05, 4.69) is 10.3 Å². The van der Waals surface area contributed by atoms with Crippen LogP contribution in [0, 0.1) is 0 Å². The molecule has 0 atom stereocenters. The molecule has 5 nitrogen and oxygen atoms in total. The summed E-state index contributed by atoms with van der Waals surface area (Å²) in [6.07, 6.45) is 1.75. The Morgan fingerprint density at radius 2 is 2.00 bits per heavy atom. The summed E-state index contributed by atoms with van der Waals surface area (Å²) in [7, 11) is 1.59. The number of nitrogens with one attached hydrogen (secondary N) is 1. The summed E-state index contributed by atoms with van der Waals surface area (Å²) in [4.78, 5) is 17.3. The highest BCUT2D eigenvalue weighted by Gasteiger charge is 2.25. The number of para-hydroxylation sites is 1. The maximum Gasteiger partial charge on any atom is 0.264 e. The molecule has 1 aliphatic rings. The van der Waals surface area contributed by atoms with Gasteiger partial charge in [-0.3, -0.25) is 4.79 Å². The fourth-order valence-electron chi connectivity index (χ4n) is 2.45. The molecule has 2 aromatic rings. The molecule has 1 heterocycles. The smallest absolute Gasteiger partial charge is 0.264 e. The third-order valence-electron chi connectivity index (χ3n) is 3.56. The monoisotopic (exact) mass is 402 g/mol. The topological polar surface area (TPSA) is 59.9 Å².